The fourth-order valence-electron chi connectivity index (χ4n) is 5.11. The maximum Gasteiger partial charge on any atom is 0.196 e. The van der Waals surface area contributed by atoms with Gasteiger partial charge in [-0.15, -0.1) is 0 Å². The van der Waals surface area contributed by atoms with Crippen molar-refractivity contribution in [2.75, 3.05) is 0 Å². The largest absolute Gasteiger partial charge is 0.507 e. The van der Waals surface area contributed by atoms with E-state index in [2.05, 4.69) is 0 Å². The van der Waals surface area contributed by atoms with Crippen molar-refractivity contribution in [2.24, 2.45) is 0 Å². The Labute approximate surface area is 211 Å². The van der Waals surface area contributed by atoms with Gasteiger partial charge in [0.05, 0.1) is 10.8 Å². The number of fused-ring (bicyclic) bond motifs is 4. The molecule has 0 saturated carbocycles. The minimum atomic E-state index is -0.609. The zero-order chi connectivity index (χ0) is 27.2. The molecule has 0 atom stereocenters. The van der Waals surface area contributed by atoms with Gasteiger partial charge in [-0.1, -0.05) is 0 Å². The van der Waals surface area contributed by atoms with E-state index in [9.17, 15) is 40.2 Å². The number of aryl methyl sites for hydroxylation is 2. The highest BCUT2D eigenvalue weighted by molar-refractivity contribution is 6.19. The molecule has 0 aliphatic heterocycles. The molecule has 0 saturated heterocycles. The van der Waals surface area contributed by atoms with Crippen molar-refractivity contribution in [3.63, 3.8) is 0 Å². The second kappa shape index (κ2) is 7.56. The molecule has 6 rings (SSSR count). The van der Waals surface area contributed by atoms with Crippen LogP contribution in [-0.2, 0) is 0 Å². The number of phenolic OH excluding ortho intramolecular Hbond substituents is 6. The lowest BCUT2D eigenvalue weighted by molar-refractivity contribution is 0.445. The molecule has 0 unspecified atom stereocenters. The van der Waals surface area contributed by atoms with Crippen LogP contribution in [0.2, 0.25) is 0 Å². The lowest BCUT2D eigenvalue weighted by Gasteiger charge is -2.18. The van der Waals surface area contributed by atoms with E-state index in [1.54, 1.807) is 0 Å². The van der Waals surface area contributed by atoms with Crippen LogP contribution in [-0.4, -0.2) is 30.6 Å². The topological polar surface area (TPSA) is 182 Å². The van der Waals surface area contributed by atoms with E-state index in [4.69, 9.17) is 8.83 Å². The summed E-state index contributed by atoms with van der Waals surface area (Å²) in [6.45, 7) is 3.07. The van der Waals surface area contributed by atoms with Gasteiger partial charge in [0.25, 0.3) is 0 Å². The van der Waals surface area contributed by atoms with Crippen LogP contribution < -0.4 is 10.9 Å². The van der Waals surface area contributed by atoms with Crippen LogP contribution in [0.5, 0.6) is 34.5 Å². The summed E-state index contributed by atoms with van der Waals surface area (Å²) in [4.78, 5) is 25.2. The Morgan fingerprint density at radius 1 is 0.500 bits per heavy atom. The molecule has 4 aromatic carbocycles. The number of aromatic hydroxyl groups is 6. The standard InChI is InChI=1S/C28H18O10/c1-9-3-13(29)25-19(37-9)5-11-21(15(31)7-17(33)23(11)27(25)35)22-12-6-20-26(14(30)4-10(2)38-20)28(36)24(12)18(34)8-16(22)32/h3-8,31-36H,1-2H3. The second-order valence-electron chi connectivity index (χ2n) is 9.06. The van der Waals surface area contributed by atoms with Gasteiger partial charge in [0.2, 0.25) is 0 Å². The Bertz CT molecular complexity index is 2000. The smallest absolute Gasteiger partial charge is 0.196 e. The first-order valence-electron chi connectivity index (χ1n) is 11.3. The van der Waals surface area contributed by atoms with Crippen molar-refractivity contribution >= 4 is 43.5 Å². The van der Waals surface area contributed by atoms with E-state index in [0.29, 0.717) is 0 Å². The van der Waals surface area contributed by atoms with Gasteiger partial charge >= 0.3 is 0 Å². The molecular formula is C28H18O10. The van der Waals surface area contributed by atoms with Gasteiger partial charge in [0.1, 0.15) is 68.0 Å². The zero-order valence-electron chi connectivity index (χ0n) is 19.8. The van der Waals surface area contributed by atoms with Crippen LogP contribution in [0, 0.1) is 13.8 Å². The third kappa shape index (κ3) is 3.00. The normalized spacial score (nSPS) is 11.7. The Kier molecular flexibility index (Phi) is 4.58. The van der Waals surface area contributed by atoms with Gasteiger partial charge in [-0.25, -0.2) is 0 Å². The van der Waals surface area contributed by atoms with Crippen LogP contribution in [0.1, 0.15) is 11.5 Å². The first kappa shape index (κ1) is 23.0. The summed E-state index contributed by atoms with van der Waals surface area (Å²) in [7, 11) is 0. The lowest BCUT2D eigenvalue weighted by atomic mass is 9.89. The molecule has 0 aliphatic carbocycles. The fraction of sp³-hybridized carbons (Fsp3) is 0.0714. The van der Waals surface area contributed by atoms with Crippen molar-refractivity contribution in [2.45, 2.75) is 13.8 Å². The molecule has 2 aromatic heterocycles. The summed E-state index contributed by atoms with van der Waals surface area (Å²) in [6, 6.07) is 6.82. The predicted molar refractivity (Wildman–Crippen MR) is 138 cm³/mol. The highest BCUT2D eigenvalue weighted by Crippen LogP contribution is 2.53. The van der Waals surface area contributed by atoms with E-state index < -0.39 is 45.4 Å². The van der Waals surface area contributed by atoms with Gasteiger partial charge in [-0.3, -0.25) is 9.59 Å². The maximum atomic E-state index is 12.6. The van der Waals surface area contributed by atoms with Gasteiger partial charge < -0.3 is 39.5 Å². The van der Waals surface area contributed by atoms with Crippen molar-refractivity contribution in [3.8, 4) is 45.6 Å². The van der Waals surface area contributed by atoms with Crippen molar-refractivity contribution in [1.82, 2.24) is 0 Å². The average molecular weight is 514 g/mol. The molecular weight excluding hydrogens is 496 g/mol. The van der Waals surface area contributed by atoms with E-state index in [1.165, 1.54) is 38.1 Å². The molecule has 6 aromatic rings. The highest BCUT2D eigenvalue weighted by atomic mass is 16.3. The molecule has 10 heteroatoms. The summed E-state index contributed by atoms with van der Waals surface area (Å²) in [6.07, 6.45) is 0. The van der Waals surface area contributed by atoms with Gasteiger partial charge in [0, 0.05) is 46.2 Å². The van der Waals surface area contributed by atoms with Crippen LogP contribution in [0.25, 0.3) is 54.6 Å². The first-order chi connectivity index (χ1) is 18.0. The number of hydrogen-bond donors (Lipinski definition) is 6. The maximum absolute atomic E-state index is 12.6. The molecule has 0 fully saturated rings. The van der Waals surface area contributed by atoms with Crippen LogP contribution in [0.4, 0.5) is 0 Å². The van der Waals surface area contributed by atoms with E-state index >= 15 is 0 Å². The summed E-state index contributed by atoms with van der Waals surface area (Å²) >= 11 is 0. The molecule has 6 N–H and O–H groups in total. The quantitative estimate of drug-likeness (QED) is 0.168. The third-order valence-corrected chi connectivity index (χ3v) is 6.59. The SMILES string of the molecule is Cc1cc(=O)c2c(O)c3c(O)cc(O)c(-c4c(O)cc(O)c5c(O)c6c(=O)cc(C)oc6cc45)c3cc2o1. The fourth-order valence-corrected chi connectivity index (χ4v) is 5.11. The monoisotopic (exact) mass is 514 g/mol. The molecule has 0 aliphatic rings. The van der Waals surface area contributed by atoms with Crippen LogP contribution in [0.3, 0.4) is 0 Å². The van der Waals surface area contributed by atoms with Gasteiger partial charge in [-0.2, -0.15) is 0 Å². The number of benzene rings is 4. The first-order valence-corrected chi connectivity index (χ1v) is 11.3. The molecule has 38 heavy (non-hydrogen) atoms. The Morgan fingerprint density at radius 2 is 0.868 bits per heavy atom. The molecule has 190 valence electrons. The van der Waals surface area contributed by atoms with Gasteiger partial charge in [0.15, 0.2) is 10.9 Å². The number of rotatable bonds is 1. The van der Waals surface area contributed by atoms with Crippen LogP contribution >= 0.6 is 0 Å². The Morgan fingerprint density at radius 3 is 1.24 bits per heavy atom. The van der Waals surface area contributed by atoms with Crippen molar-refractivity contribution in [1.29, 1.82) is 0 Å². The van der Waals surface area contributed by atoms with Crippen LogP contribution in [0.15, 0.2) is 54.8 Å². The van der Waals surface area contributed by atoms with E-state index in [0.717, 1.165) is 12.1 Å². The molecule has 0 spiro atoms. The predicted octanol–water partition coefficient (Wildman–Crippen LogP) is 4.72. The number of hydrogen-bond acceptors (Lipinski definition) is 10. The second-order valence-corrected chi connectivity index (χ2v) is 9.06. The van der Waals surface area contributed by atoms with E-state index in [1.807, 2.05) is 0 Å². The minimum Gasteiger partial charge on any atom is -0.507 e. The molecule has 0 radical (unpaired) electrons. The molecule has 0 bridgehead atoms. The third-order valence-electron chi connectivity index (χ3n) is 6.59. The highest BCUT2D eigenvalue weighted by Gasteiger charge is 2.26. The molecule has 2 heterocycles. The molecule has 0 amide bonds. The summed E-state index contributed by atoms with van der Waals surface area (Å²) in [5.74, 6) is -2.94. The molecule has 10 nitrogen and oxygen atoms in total. The van der Waals surface area contributed by atoms with Crippen molar-refractivity contribution < 1.29 is 39.5 Å². The summed E-state index contributed by atoms with van der Waals surface area (Å²) < 4.78 is 11.3. The Hall–Kier alpha value is -5.38. The number of phenols is 6. The van der Waals surface area contributed by atoms with Gasteiger partial charge in [-0.05, 0) is 26.0 Å². The zero-order valence-corrected chi connectivity index (χ0v) is 19.8. The minimum absolute atomic E-state index is 0.0196. The van der Waals surface area contributed by atoms with E-state index in [-0.39, 0.29) is 66.1 Å². The summed E-state index contributed by atoms with van der Waals surface area (Å²) in [5, 5.41) is 64.4. The lowest BCUT2D eigenvalue weighted by Crippen LogP contribution is -2.02. The summed E-state index contributed by atoms with van der Waals surface area (Å²) in [5.41, 5.74) is -1.48. The average Bonchev–Trinajstić information content (AvgIpc) is 2.79. The Balaban J connectivity index is 1.88. The van der Waals surface area contributed by atoms with Crippen molar-refractivity contribution in [3.05, 3.63) is 68.4 Å².